The molecule has 1 aliphatic rings. The molecule has 2 amide bonds. The molecule has 0 aliphatic carbocycles. The van der Waals surface area contributed by atoms with E-state index >= 15 is 0 Å². The minimum Gasteiger partial charge on any atom is -0.493 e. The second kappa shape index (κ2) is 8.71. The van der Waals surface area contributed by atoms with Crippen LogP contribution in [0, 0.1) is 13.8 Å². The first-order valence-corrected chi connectivity index (χ1v) is 10.1. The lowest BCUT2D eigenvalue weighted by Gasteiger charge is -2.17. The van der Waals surface area contributed by atoms with Crippen molar-refractivity contribution >= 4 is 34.8 Å². The number of hydrogen-bond acceptors (Lipinski definition) is 6. The molecule has 152 valence electrons. The lowest BCUT2D eigenvalue weighted by atomic mass is 9.99. The second-order valence-electron chi connectivity index (χ2n) is 6.58. The fourth-order valence-electron chi connectivity index (χ4n) is 3.32. The Morgan fingerprint density at radius 1 is 0.966 bits per heavy atom. The maximum Gasteiger partial charge on any atom is 0.272 e. The standard InChI is InChI=1S/C22H23NO5S/c1-13-5-7-16(14(2)11-13)19-20(29-10-9-24)22(26)23(21(19)25)15-6-8-17(27-3)18(12-15)28-4/h5-8,11-12,24H,9-10H2,1-4H3. The van der Waals surface area contributed by atoms with Crippen LogP contribution in [0.4, 0.5) is 5.69 Å². The van der Waals surface area contributed by atoms with Gasteiger partial charge < -0.3 is 14.6 Å². The highest BCUT2D eigenvalue weighted by atomic mass is 32.2. The molecular weight excluding hydrogens is 390 g/mol. The molecule has 29 heavy (non-hydrogen) atoms. The molecule has 7 heteroatoms. The summed E-state index contributed by atoms with van der Waals surface area (Å²) in [5.74, 6) is 0.455. The molecule has 0 saturated heterocycles. The smallest absolute Gasteiger partial charge is 0.272 e. The second-order valence-corrected chi connectivity index (χ2v) is 7.68. The summed E-state index contributed by atoms with van der Waals surface area (Å²) >= 11 is 1.19. The highest BCUT2D eigenvalue weighted by Gasteiger charge is 2.40. The number of hydrogen-bond donors (Lipinski definition) is 1. The largest absolute Gasteiger partial charge is 0.493 e. The normalized spacial score (nSPS) is 14.0. The van der Waals surface area contributed by atoms with E-state index in [2.05, 4.69) is 0 Å². The Balaban J connectivity index is 2.11. The van der Waals surface area contributed by atoms with Crippen LogP contribution in [-0.4, -0.2) is 43.5 Å². The highest BCUT2D eigenvalue weighted by molar-refractivity contribution is 8.04. The van der Waals surface area contributed by atoms with Crippen molar-refractivity contribution in [2.75, 3.05) is 31.5 Å². The molecule has 0 spiro atoms. The van der Waals surface area contributed by atoms with Gasteiger partial charge in [0.05, 0.1) is 37.0 Å². The number of imide groups is 1. The average molecular weight is 413 g/mol. The number of aliphatic hydroxyl groups excluding tert-OH is 1. The monoisotopic (exact) mass is 413 g/mol. The van der Waals surface area contributed by atoms with E-state index in [1.807, 2.05) is 32.0 Å². The topological polar surface area (TPSA) is 76.1 Å². The van der Waals surface area contributed by atoms with Gasteiger partial charge in [-0.3, -0.25) is 9.59 Å². The minimum atomic E-state index is -0.407. The van der Waals surface area contributed by atoms with Crippen molar-refractivity contribution in [1.29, 1.82) is 0 Å². The Bertz CT molecular complexity index is 999. The zero-order valence-electron chi connectivity index (χ0n) is 16.8. The van der Waals surface area contributed by atoms with Crippen molar-refractivity contribution in [1.82, 2.24) is 0 Å². The van der Waals surface area contributed by atoms with E-state index in [9.17, 15) is 14.7 Å². The number of rotatable bonds is 7. The SMILES string of the molecule is COc1ccc(N2C(=O)C(SCCO)=C(c3ccc(C)cc3C)C2=O)cc1OC. The summed E-state index contributed by atoms with van der Waals surface area (Å²) in [6.07, 6.45) is 0. The van der Waals surface area contributed by atoms with Gasteiger partial charge in [-0.25, -0.2) is 4.90 Å². The van der Waals surface area contributed by atoms with Gasteiger partial charge in [-0.1, -0.05) is 23.8 Å². The molecule has 2 aromatic carbocycles. The number of carbonyl (C=O) groups excluding carboxylic acids is 2. The van der Waals surface area contributed by atoms with Gasteiger partial charge >= 0.3 is 0 Å². The van der Waals surface area contributed by atoms with Gasteiger partial charge in [0.2, 0.25) is 0 Å². The highest BCUT2D eigenvalue weighted by Crippen LogP contribution is 2.41. The van der Waals surface area contributed by atoms with E-state index in [0.717, 1.165) is 21.6 Å². The number of benzene rings is 2. The lowest BCUT2D eigenvalue weighted by molar-refractivity contribution is -0.119. The number of thioether (sulfide) groups is 1. The minimum absolute atomic E-state index is 0.0911. The van der Waals surface area contributed by atoms with Crippen LogP contribution in [0.1, 0.15) is 16.7 Å². The van der Waals surface area contributed by atoms with Gasteiger partial charge in [-0.15, -0.1) is 11.8 Å². The summed E-state index contributed by atoms with van der Waals surface area (Å²) in [5, 5.41) is 9.25. The predicted octanol–water partition coefficient (Wildman–Crippen LogP) is 3.33. The van der Waals surface area contributed by atoms with Crippen molar-refractivity contribution in [3.8, 4) is 11.5 Å². The molecule has 0 aromatic heterocycles. The lowest BCUT2D eigenvalue weighted by Crippen LogP contribution is -2.31. The van der Waals surface area contributed by atoms with Gasteiger partial charge in [0.15, 0.2) is 11.5 Å². The fraction of sp³-hybridized carbons (Fsp3) is 0.273. The van der Waals surface area contributed by atoms with Crippen molar-refractivity contribution in [2.24, 2.45) is 0 Å². The van der Waals surface area contributed by atoms with Crippen LogP contribution >= 0.6 is 11.8 Å². The number of methoxy groups -OCH3 is 2. The van der Waals surface area contributed by atoms with E-state index < -0.39 is 11.8 Å². The summed E-state index contributed by atoms with van der Waals surface area (Å²) in [5.41, 5.74) is 3.47. The van der Waals surface area contributed by atoms with E-state index in [1.165, 1.54) is 26.0 Å². The molecule has 3 rings (SSSR count). The van der Waals surface area contributed by atoms with E-state index in [4.69, 9.17) is 9.47 Å². The molecule has 6 nitrogen and oxygen atoms in total. The molecule has 0 unspecified atom stereocenters. The first kappa shape index (κ1) is 21.0. The van der Waals surface area contributed by atoms with Crippen molar-refractivity contribution < 1.29 is 24.2 Å². The number of ether oxygens (including phenoxy) is 2. The Morgan fingerprint density at radius 2 is 1.69 bits per heavy atom. The van der Waals surface area contributed by atoms with Gasteiger partial charge in [-0.2, -0.15) is 0 Å². The molecule has 1 heterocycles. The number of anilines is 1. The van der Waals surface area contributed by atoms with Gasteiger partial charge in [-0.05, 0) is 37.1 Å². The molecule has 0 fully saturated rings. The summed E-state index contributed by atoms with van der Waals surface area (Å²) in [7, 11) is 3.02. The zero-order chi connectivity index (χ0) is 21.1. The van der Waals surface area contributed by atoms with Crippen LogP contribution in [0.25, 0.3) is 5.57 Å². The molecule has 0 radical (unpaired) electrons. The Labute approximate surface area is 174 Å². The third kappa shape index (κ3) is 3.88. The zero-order valence-corrected chi connectivity index (χ0v) is 17.6. The average Bonchev–Trinajstić information content (AvgIpc) is 2.95. The molecule has 0 atom stereocenters. The molecule has 0 saturated carbocycles. The van der Waals surface area contributed by atoms with Crippen LogP contribution in [0.2, 0.25) is 0 Å². The summed E-state index contributed by atoms with van der Waals surface area (Å²) in [4.78, 5) is 28.1. The number of aliphatic hydroxyl groups is 1. The Kier molecular flexibility index (Phi) is 6.30. The Morgan fingerprint density at radius 3 is 2.31 bits per heavy atom. The van der Waals surface area contributed by atoms with Crippen LogP contribution < -0.4 is 14.4 Å². The van der Waals surface area contributed by atoms with Gasteiger partial charge in [0, 0.05) is 11.8 Å². The number of carbonyl (C=O) groups is 2. The third-order valence-corrected chi connectivity index (χ3v) is 5.71. The predicted molar refractivity (Wildman–Crippen MR) is 114 cm³/mol. The maximum atomic E-state index is 13.4. The Hall–Kier alpha value is -2.77. The fourth-order valence-corrected chi connectivity index (χ4v) is 4.17. The van der Waals surface area contributed by atoms with Crippen LogP contribution in [0.3, 0.4) is 0 Å². The van der Waals surface area contributed by atoms with Gasteiger partial charge in [0.1, 0.15) is 0 Å². The van der Waals surface area contributed by atoms with Crippen molar-refractivity contribution in [3.63, 3.8) is 0 Å². The van der Waals surface area contributed by atoms with E-state index in [0.29, 0.717) is 33.4 Å². The molecule has 0 bridgehead atoms. The van der Waals surface area contributed by atoms with Crippen molar-refractivity contribution in [3.05, 3.63) is 58.0 Å². The quantitative estimate of drug-likeness (QED) is 0.702. The molecular formula is C22H23NO5S. The number of aryl methyl sites for hydroxylation is 2. The molecule has 2 aromatic rings. The summed E-state index contributed by atoms with van der Waals surface area (Å²) < 4.78 is 10.6. The van der Waals surface area contributed by atoms with Crippen LogP contribution in [-0.2, 0) is 9.59 Å². The number of nitrogens with zero attached hydrogens (tertiary/aromatic N) is 1. The maximum absolute atomic E-state index is 13.4. The summed E-state index contributed by atoms with van der Waals surface area (Å²) in [6, 6.07) is 10.7. The molecule has 1 N–H and O–H groups in total. The first-order chi connectivity index (χ1) is 13.9. The van der Waals surface area contributed by atoms with E-state index in [1.54, 1.807) is 18.2 Å². The number of amides is 2. The first-order valence-electron chi connectivity index (χ1n) is 9.09. The van der Waals surface area contributed by atoms with E-state index in [-0.39, 0.29) is 6.61 Å². The van der Waals surface area contributed by atoms with Gasteiger partial charge in [0.25, 0.3) is 11.8 Å². The third-order valence-electron chi connectivity index (χ3n) is 4.66. The molecule has 1 aliphatic heterocycles. The summed E-state index contributed by atoms with van der Waals surface area (Å²) in [6.45, 7) is 3.80. The van der Waals surface area contributed by atoms with Crippen LogP contribution in [0.5, 0.6) is 11.5 Å². The van der Waals surface area contributed by atoms with Crippen molar-refractivity contribution in [2.45, 2.75) is 13.8 Å². The van der Waals surface area contributed by atoms with Crippen LogP contribution in [0.15, 0.2) is 41.3 Å².